The van der Waals surface area contributed by atoms with Crippen molar-refractivity contribution < 1.29 is 8.95 Å². The van der Waals surface area contributed by atoms with Crippen molar-refractivity contribution in [3.63, 3.8) is 0 Å². The van der Waals surface area contributed by atoms with Crippen molar-refractivity contribution >= 4 is 44.1 Å². The molecule has 176 valence electrons. The minimum atomic E-state index is -1.26. The van der Waals surface area contributed by atoms with Gasteiger partial charge in [-0.1, -0.05) is 30.3 Å². The van der Waals surface area contributed by atoms with Crippen LogP contribution in [-0.2, 0) is 15.7 Å². The van der Waals surface area contributed by atoms with Gasteiger partial charge in [-0.15, -0.1) is 0 Å². The molecule has 1 aliphatic rings. The quantitative estimate of drug-likeness (QED) is 0.353. The summed E-state index contributed by atoms with van der Waals surface area (Å²) >= 11 is 3.54. The minimum absolute atomic E-state index is 0.665. The van der Waals surface area contributed by atoms with Gasteiger partial charge in [-0.25, -0.2) is 13.9 Å². The fourth-order valence-corrected chi connectivity index (χ4v) is 4.97. The van der Waals surface area contributed by atoms with Crippen LogP contribution in [0.5, 0.6) is 0 Å². The number of halogens is 1. The average Bonchev–Trinajstić information content (AvgIpc) is 3.26. The van der Waals surface area contributed by atoms with E-state index >= 15 is 0 Å². The monoisotopic (exact) mass is 540 g/mol. The molecule has 1 fully saturated rings. The smallest absolute Gasteiger partial charge is 0.172 e. The third-order valence-corrected chi connectivity index (χ3v) is 7.33. The number of hydrogen-bond donors (Lipinski definition) is 2. The lowest BCUT2D eigenvalue weighted by Gasteiger charge is -2.26. The van der Waals surface area contributed by atoms with Gasteiger partial charge < -0.3 is 10.1 Å². The highest BCUT2D eigenvalue weighted by molar-refractivity contribution is 9.10. The number of nitrogens with zero attached hydrogens (tertiary/aromatic N) is 4. The summed E-state index contributed by atoms with van der Waals surface area (Å²) in [5.74, 6) is 0.784. The Labute approximate surface area is 209 Å². The first-order chi connectivity index (χ1) is 16.7. The van der Waals surface area contributed by atoms with Crippen molar-refractivity contribution in [3.05, 3.63) is 71.3 Å². The first-order valence-electron chi connectivity index (χ1n) is 11.1. The maximum atomic E-state index is 12.6. The fourth-order valence-electron chi connectivity index (χ4n) is 3.80. The summed E-state index contributed by atoms with van der Waals surface area (Å²) in [6.07, 6.45) is 1.73. The van der Waals surface area contributed by atoms with Crippen LogP contribution >= 0.6 is 15.9 Å². The zero-order valence-corrected chi connectivity index (χ0v) is 20.9. The Bertz CT molecular complexity index is 1280. The molecule has 3 heterocycles. The van der Waals surface area contributed by atoms with E-state index in [0.717, 1.165) is 70.6 Å². The number of benzene rings is 2. The number of morpholine rings is 1. The highest BCUT2D eigenvalue weighted by Crippen LogP contribution is 2.27. The number of aromatic nitrogens is 3. The number of fused-ring (bicyclic) bond motifs is 1. The normalized spacial score (nSPS) is 15.4. The van der Waals surface area contributed by atoms with Crippen LogP contribution < -0.4 is 10.0 Å². The first-order valence-corrected chi connectivity index (χ1v) is 13.0. The molecule has 2 aromatic heterocycles. The van der Waals surface area contributed by atoms with Gasteiger partial charge in [0.25, 0.3) is 0 Å². The van der Waals surface area contributed by atoms with Gasteiger partial charge in [0.1, 0.15) is 16.8 Å². The number of ether oxygens (including phenoxy) is 1. The van der Waals surface area contributed by atoms with Crippen LogP contribution in [0, 0.1) is 0 Å². The van der Waals surface area contributed by atoms with Gasteiger partial charge in [0.2, 0.25) is 0 Å². The summed E-state index contributed by atoms with van der Waals surface area (Å²) in [6.45, 7) is 4.91. The predicted molar refractivity (Wildman–Crippen MR) is 138 cm³/mol. The molecule has 0 saturated carbocycles. The molecular formula is C24H25BrN6O2S. The summed E-state index contributed by atoms with van der Waals surface area (Å²) in [6, 6.07) is 19.6. The van der Waals surface area contributed by atoms with Gasteiger partial charge in [0.05, 0.1) is 34.5 Å². The second kappa shape index (κ2) is 10.7. The molecule has 1 unspecified atom stereocenters. The largest absolute Gasteiger partial charge is 0.379 e. The predicted octanol–water partition coefficient (Wildman–Crippen LogP) is 3.85. The Morgan fingerprint density at radius 3 is 2.59 bits per heavy atom. The summed E-state index contributed by atoms with van der Waals surface area (Å²) in [7, 11) is -1.26. The molecule has 34 heavy (non-hydrogen) atoms. The summed E-state index contributed by atoms with van der Waals surface area (Å²) in [5.41, 5.74) is 3.47. The minimum Gasteiger partial charge on any atom is -0.379 e. The molecule has 2 aromatic carbocycles. The molecule has 1 aliphatic heterocycles. The molecule has 0 aliphatic carbocycles. The van der Waals surface area contributed by atoms with E-state index in [9.17, 15) is 4.21 Å². The molecule has 0 spiro atoms. The third-order valence-electron chi connectivity index (χ3n) is 5.60. The number of hydrogen-bond acceptors (Lipinski definition) is 6. The topological polar surface area (TPSA) is 83.8 Å². The van der Waals surface area contributed by atoms with Crippen LogP contribution in [0.15, 0.2) is 76.2 Å². The van der Waals surface area contributed by atoms with Crippen molar-refractivity contribution in [1.82, 2.24) is 24.2 Å². The van der Waals surface area contributed by atoms with Gasteiger partial charge in [0.15, 0.2) is 5.65 Å². The van der Waals surface area contributed by atoms with Crippen LogP contribution in [-0.4, -0.2) is 63.1 Å². The number of anilines is 2. The molecule has 0 radical (unpaired) electrons. The van der Waals surface area contributed by atoms with Crippen LogP contribution in [0.3, 0.4) is 0 Å². The lowest BCUT2D eigenvalue weighted by Crippen LogP contribution is -2.40. The van der Waals surface area contributed by atoms with Gasteiger partial charge >= 0.3 is 0 Å². The number of rotatable bonds is 8. The van der Waals surface area contributed by atoms with E-state index in [2.05, 4.69) is 36.0 Å². The molecule has 10 heteroatoms. The molecular weight excluding hydrogens is 516 g/mol. The maximum Gasteiger partial charge on any atom is 0.172 e. The zero-order chi connectivity index (χ0) is 23.3. The van der Waals surface area contributed by atoms with Crippen molar-refractivity contribution in [2.24, 2.45) is 0 Å². The molecule has 1 saturated heterocycles. The second-order valence-electron chi connectivity index (χ2n) is 7.89. The molecule has 8 nitrogen and oxygen atoms in total. The van der Waals surface area contributed by atoms with Crippen LogP contribution in [0.4, 0.5) is 11.5 Å². The van der Waals surface area contributed by atoms with Crippen LogP contribution in [0.2, 0.25) is 0 Å². The Hall–Kier alpha value is -2.63. The van der Waals surface area contributed by atoms with Gasteiger partial charge in [-0.2, -0.15) is 9.61 Å². The van der Waals surface area contributed by atoms with Gasteiger partial charge in [-0.05, 0) is 40.2 Å². The Kier molecular flexibility index (Phi) is 7.31. The fraction of sp³-hybridized carbons (Fsp3) is 0.250. The molecule has 5 rings (SSSR count). The molecule has 1 atom stereocenters. The Balaban J connectivity index is 1.29. The van der Waals surface area contributed by atoms with Crippen molar-refractivity contribution in [2.75, 3.05) is 44.7 Å². The summed E-state index contributed by atoms with van der Waals surface area (Å²) in [4.78, 5) is 7.81. The average molecular weight is 541 g/mol. The lowest BCUT2D eigenvalue weighted by atomic mass is 10.1. The van der Waals surface area contributed by atoms with E-state index in [1.807, 2.05) is 60.7 Å². The van der Waals surface area contributed by atoms with Crippen LogP contribution in [0.25, 0.3) is 16.9 Å². The standard InChI is InChI=1S/C24H25BrN6O2S/c25-21-17-26-31-23(16-22(29-24(21)31)18-4-2-1-3-5-18)28-19-6-8-20(9-7-19)34(32)27-10-11-30-12-14-33-15-13-30/h1-9,16-17,27-28H,10-15H2. The Morgan fingerprint density at radius 1 is 1.06 bits per heavy atom. The summed E-state index contributed by atoms with van der Waals surface area (Å²) in [5, 5.41) is 7.87. The molecule has 0 bridgehead atoms. The van der Waals surface area contributed by atoms with Crippen molar-refractivity contribution in [2.45, 2.75) is 4.90 Å². The molecule has 0 amide bonds. The number of nitrogens with one attached hydrogen (secondary N) is 2. The van der Waals surface area contributed by atoms with Crippen molar-refractivity contribution in [1.29, 1.82) is 0 Å². The highest BCUT2D eigenvalue weighted by atomic mass is 79.9. The molecule has 2 N–H and O–H groups in total. The van der Waals surface area contributed by atoms with Gasteiger partial charge in [0, 0.05) is 43.5 Å². The SMILES string of the molecule is O=S(NCCN1CCOCC1)c1ccc(Nc2cc(-c3ccccc3)nc3c(Br)cnn23)cc1. The van der Waals surface area contributed by atoms with E-state index in [4.69, 9.17) is 9.72 Å². The van der Waals surface area contributed by atoms with E-state index in [0.29, 0.717) is 6.54 Å². The zero-order valence-electron chi connectivity index (χ0n) is 18.5. The van der Waals surface area contributed by atoms with E-state index in [1.165, 1.54) is 0 Å². The lowest BCUT2D eigenvalue weighted by molar-refractivity contribution is 0.0390. The maximum absolute atomic E-state index is 12.6. The van der Waals surface area contributed by atoms with E-state index < -0.39 is 11.0 Å². The van der Waals surface area contributed by atoms with Crippen LogP contribution in [0.1, 0.15) is 0 Å². The Morgan fingerprint density at radius 2 is 1.82 bits per heavy atom. The first kappa shape index (κ1) is 23.1. The second-order valence-corrected chi connectivity index (χ2v) is 10.0. The third kappa shape index (κ3) is 5.37. The van der Waals surface area contributed by atoms with Crippen molar-refractivity contribution in [3.8, 4) is 11.3 Å². The summed E-state index contributed by atoms with van der Waals surface area (Å²) < 4.78 is 23.7. The van der Waals surface area contributed by atoms with E-state index in [-0.39, 0.29) is 0 Å². The van der Waals surface area contributed by atoms with E-state index in [1.54, 1.807) is 10.7 Å². The highest BCUT2D eigenvalue weighted by Gasteiger charge is 2.13. The molecule has 4 aromatic rings. The van der Waals surface area contributed by atoms with Gasteiger partial charge in [-0.3, -0.25) is 4.90 Å².